The molecule has 0 unspecified atom stereocenters. The van der Waals surface area contributed by atoms with Gasteiger partial charge in [-0.1, -0.05) is 18.5 Å². The van der Waals surface area contributed by atoms with Crippen LogP contribution >= 0.6 is 11.6 Å². The number of aryl methyl sites for hydroxylation is 1. The third-order valence-corrected chi connectivity index (χ3v) is 2.77. The number of hydrogen-bond acceptors (Lipinski definition) is 2. The topological polar surface area (TPSA) is 29.9 Å². The average molecular weight is 216 g/mol. The molecule has 1 aromatic rings. The summed E-state index contributed by atoms with van der Waals surface area (Å²) in [4.78, 5) is 0. The summed E-state index contributed by atoms with van der Waals surface area (Å²) >= 11 is 6.03. The standard InChI is InChI=1S/C10H18ClN3/c1-4-5-12-6-7-14-9(3)10(11)8(2)13-14/h12H,4-7H2,1-3H3. The molecule has 1 aromatic heterocycles. The number of aromatic nitrogens is 2. The molecular weight excluding hydrogens is 198 g/mol. The van der Waals surface area contributed by atoms with Gasteiger partial charge in [-0.05, 0) is 26.8 Å². The molecule has 0 aliphatic rings. The van der Waals surface area contributed by atoms with Crippen molar-refractivity contribution >= 4 is 11.6 Å². The second-order valence-electron chi connectivity index (χ2n) is 3.46. The molecule has 0 atom stereocenters. The first kappa shape index (κ1) is 11.5. The van der Waals surface area contributed by atoms with Crippen LogP contribution in [0.4, 0.5) is 0 Å². The quantitative estimate of drug-likeness (QED) is 0.763. The zero-order chi connectivity index (χ0) is 10.6. The van der Waals surface area contributed by atoms with Gasteiger partial charge in [0.05, 0.1) is 23.0 Å². The van der Waals surface area contributed by atoms with Crippen LogP contribution in [0.25, 0.3) is 0 Å². The number of nitrogens with zero attached hydrogens (tertiary/aromatic N) is 2. The summed E-state index contributed by atoms with van der Waals surface area (Å²) in [5, 5.41) is 8.48. The van der Waals surface area contributed by atoms with E-state index in [9.17, 15) is 0 Å². The van der Waals surface area contributed by atoms with E-state index in [0.717, 1.165) is 42.5 Å². The van der Waals surface area contributed by atoms with E-state index in [1.165, 1.54) is 0 Å². The van der Waals surface area contributed by atoms with Crippen molar-refractivity contribution in [3.63, 3.8) is 0 Å². The van der Waals surface area contributed by atoms with Crippen molar-refractivity contribution in [2.24, 2.45) is 0 Å². The molecule has 0 aliphatic carbocycles. The normalized spacial score (nSPS) is 10.9. The Labute approximate surface area is 90.4 Å². The van der Waals surface area contributed by atoms with Crippen LogP contribution in [0.15, 0.2) is 0 Å². The molecule has 1 N–H and O–H groups in total. The second kappa shape index (κ2) is 5.37. The van der Waals surface area contributed by atoms with Crippen molar-refractivity contribution < 1.29 is 0 Å². The maximum atomic E-state index is 6.03. The highest BCUT2D eigenvalue weighted by molar-refractivity contribution is 6.31. The maximum Gasteiger partial charge on any atom is 0.0844 e. The molecule has 14 heavy (non-hydrogen) atoms. The molecule has 0 spiro atoms. The van der Waals surface area contributed by atoms with Crippen molar-refractivity contribution in [3.8, 4) is 0 Å². The van der Waals surface area contributed by atoms with Crippen LogP contribution < -0.4 is 5.32 Å². The first-order valence-electron chi connectivity index (χ1n) is 5.07. The van der Waals surface area contributed by atoms with Crippen LogP contribution in [0.2, 0.25) is 5.02 Å². The van der Waals surface area contributed by atoms with E-state index < -0.39 is 0 Å². The lowest BCUT2D eigenvalue weighted by atomic mass is 10.4. The van der Waals surface area contributed by atoms with Gasteiger partial charge in [-0.3, -0.25) is 4.68 Å². The number of rotatable bonds is 5. The van der Waals surface area contributed by atoms with Gasteiger partial charge in [-0.15, -0.1) is 0 Å². The Bertz CT molecular complexity index is 294. The first-order chi connectivity index (χ1) is 6.66. The summed E-state index contributed by atoms with van der Waals surface area (Å²) in [5.41, 5.74) is 1.97. The SMILES string of the molecule is CCCNCCn1nc(C)c(Cl)c1C. The molecule has 1 rings (SSSR count). The predicted octanol–water partition coefficient (Wildman–Crippen LogP) is 2.15. The zero-order valence-corrected chi connectivity index (χ0v) is 9.86. The molecule has 0 saturated heterocycles. The molecule has 4 heteroatoms. The summed E-state index contributed by atoms with van der Waals surface area (Å²) in [7, 11) is 0. The van der Waals surface area contributed by atoms with Crippen LogP contribution in [-0.4, -0.2) is 22.9 Å². The molecule has 0 aliphatic heterocycles. The lowest BCUT2D eigenvalue weighted by Crippen LogP contribution is -2.21. The fourth-order valence-corrected chi connectivity index (χ4v) is 1.51. The predicted molar refractivity (Wildman–Crippen MR) is 59.9 cm³/mol. The summed E-state index contributed by atoms with van der Waals surface area (Å²) < 4.78 is 1.96. The lowest BCUT2D eigenvalue weighted by molar-refractivity contribution is 0.541. The Balaban J connectivity index is 2.47. The van der Waals surface area contributed by atoms with E-state index in [4.69, 9.17) is 11.6 Å². The van der Waals surface area contributed by atoms with E-state index in [0.29, 0.717) is 0 Å². The minimum atomic E-state index is 0.792. The third kappa shape index (κ3) is 2.72. The molecule has 0 bridgehead atoms. The summed E-state index contributed by atoms with van der Waals surface area (Å²) in [6.45, 7) is 9.00. The Hall–Kier alpha value is -0.540. The highest BCUT2D eigenvalue weighted by atomic mass is 35.5. The van der Waals surface area contributed by atoms with Gasteiger partial charge in [0.25, 0.3) is 0 Å². The van der Waals surface area contributed by atoms with E-state index in [1.807, 2.05) is 18.5 Å². The van der Waals surface area contributed by atoms with Crippen LogP contribution in [0.5, 0.6) is 0 Å². The third-order valence-electron chi connectivity index (χ3n) is 2.22. The Morgan fingerprint density at radius 3 is 2.57 bits per heavy atom. The monoisotopic (exact) mass is 215 g/mol. The summed E-state index contributed by atoms with van der Waals surface area (Å²) in [5.74, 6) is 0. The molecular formula is C10H18ClN3. The Kier molecular flexibility index (Phi) is 4.42. The fourth-order valence-electron chi connectivity index (χ4n) is 1.38. The number of nitrogens with one attached hydrogen (secondary N) is 1. The lowest BCUT2D eigenvalue weighted by Gasteiger charge is -2.05. The van der Waals surface area contributed by atoms with Crippen LogP contribution in [0, 0.1) is 13.8 Å². The highest BCUT2D eigenvalue weighted by Gasteiger charge is 2.07. The minimum Gasteiger partial charge on any atom is -0.315 e. The number of halogens is 1. The Morgan fingerprint density at radius 2 is 2.07 bits per heavy atom. The van der Waals surface area contributed by atoms with Crippen molar-refractivity contribution in [2.45, 2.75) is 33.7 Å². The van der Waals surface area contributed by atoms with Gasteiger partial charge >= 0.3 is 0 Å². The van der Waals surface area contributed by atoms with Crippen molar-refractivity contribution in [2.75, 3.05) is 13.1 Å². The first-order valence-corrected chi connectivity index (χ1v) is 5.44. The summed E-state index contributed by atoms with van der Waals surface area (Å²) in [6, 6.07) is 0. The van der Waals surface area contributed by atoms with E-state index >= 15 is 0 Å². The van der Waals surface area contributed by atoms with Gasteiger partial charge in [0.15, 0.2) is 0 Å². The van der Waals surface area contributed by atoms with Crippen LogP contribution in [-0.2, 0) is 6.54 Å². The molecule has 80 valence electrons. The number of hydrogen-bond donors (Lipinski definition) is 1. The van der Waals surface area contributed by atoms with Crippen molar-refractivity contribution in [1.29, 1.82) is 0 Å². The van der Waals surface area contributed by atoms with Gasteiger partial charge < -0.3 is 5.32 Å². The van der Waals surface area contributed by atoms with Crippen LogP contribution in [0.3, 0.4) is 0 Å². The summed E-state index contributed by atoms with van der Waals surface area (Å²) in [6.07, 6.45) is 1.16. The largest absolute Gasteiger partial charge is 0.315 e. The molecule has 1 heterocycles. The van der Waals surface area contributed by atoms with Gasteiger partial charge in [-0.25, -0.2) is 0 Å². The smallest absolute Gasteiger partial charge is 0.0844 e. The van der Waals surface area contributed by atoms with E-state index in [-0.39, 0.29) is 0 Å². The van der Waals surface area contributed by atoms with Gasteiger partial charge in [0.1, 0.15) is 0 Å². The molecule has 3 nitrogen and oxygen atoms in total. The van der Waals surface area contributed by atoms with E-state index in [2.05, 4.69) is 17.3 Å². The van der Waals surface area contributed by atoms with Crippen molar-refractivity contribution in [3.05, 3.63) is 16.4 Å². The zero-order valence-electron chi connectivity index (χ0n) is 9.10. The van der Waals surface area contributed by atoms with Gasteiger partial charge in [-0.2, -0.15) is 5.10 Å². The van der Waals surface area contributed by atoms with E-state index in [1.54, 1.807) is 0 Å². The molecule has 0 amide bonds. The average Bonchev–Trinajstić information content (AvgIpc) is 2.41. The molecule has 0 aromatic carbocycles. The molecule has 0 saturated carbocycles. The maximum absolute atomic E-state index is 6.03. The molecule has 0 fully saturated rings. The second-order valence-corrected chi connectivity index (χ2v) is 3.84. The molecule has 0 radical (unpaired) electrons. The minimum absolute atomic E-state index is 0.792. The van der Waals surface area contributed by atoms with Gasteiger partial charge in [0, 0.05) is 6.54 Å². The van der Waals surface area contributed by atoms with Gasteiger partial charge in [0.2, 0.25) is 0 Å². The highest BCUT2D eigenvalue weighted by Crippen LogP contribution is 2.18. The fraction of sp³-hybridized carbons (Fsp3) is 0.700. The van der Waals surface area contributed by atoms with Crippen molar-refractivity contribution in [1.82, 2.24) is 15.1 Å². The Morgan fingerprint density at radius 1 is 1.36 bits per heavy atom. The van der Waals surface area contributed by atoms with Crippen LogP contribution in [0.1, 0.15) is 24.7 Å².